The van der Waals surface area contributed by atoms with Crippen molar-refractivity contribution in [3.05, 3.63) is 29.8 Å². The second kappa shape index (κ2) is 10.5. The molecule has 2 heterocycles. The highest BCUT2D eigenvalue weighted by molar-refractivity contribution is 5.81. The molecule has 7 nitrogen and oxygen atoms in total. The SMILES string of the molecule is CN=C(NCC(C)Oc1ccccc1C)N1CCC(C(=O)N2CCOCC2)CC1. The van der Waals surface area contributed by atoms with Gasteiger partial charge < -0.3 is 24.6 Å². The Labute approximate surface area is 174 Å². The number of piperidine rings is 1. The Morgan fingerprint density at radius 1 is 1.21 bits per heavy atom. The monoisotopic (exact) mass is 402 g/mol. The zero-order valence-corrected chi connectivity index (χ0v) is 17.9. The first kappa shape index (κ1) is 21.4. The van der Waals surface area contributed by atoms with Gasteiger partial charge in [0.05, 0.1) is 19.8 Å². The summed E-state index contributed by atoms with van der Waals surface area (Å²) < 4.78 is 11.4. The highest BCUT2D eigenvalue weighted by atomic mass is 16.5. The molecule has 0 saturated carbocycles. The van der Waals surface area contributed by atoms with Gasteiger partial charge in [-0.3, -0.25) is 9.79 Å². The number of hydrogen-bond acceptors (Lipinski definition) is 4. The van der Waals surface area contributed by atoms with Crippen LogP contribution in [0.25, 0.3) is 0 Å². The fourth-order valence-electron chi connectivity index (χ4n) is 3.89. The number of nitrogens with one attached hydrogen (secondary N) is 1. The van der Waals surface area contributed by atoms with Crippen LogP contribution < -0.4 is 10.1 Å². The van der Waals surface area contributed by atoms with Crippen molar-refractivity contribution in [2.45, 2.75) is 32.8 Å². The fraction of sp³-hybridized carbons (Fsp3) is 0.636. The van der Waals surface area contributed by atoms with E-state index in [2.05, 4.69) is 35.1 Å². The third kappa shape index (κ3) is 5.85. The van der Waals surface area contributed by atoms with Crippen LogP contribution >= 0.6 is 0 Å². The normalized spacial score (nSPS) is 19.8. The van der Waals surface area contributed by atoms with Gasteiger partial charge in [-0.05, 0) is 38.3 Å². The predicted octanol–water partition coefficient (Wildman–Crippen LogP) is 1.91. The fourth-order valence-corrected chi connectivity index (χ4v) is 3.89. The molecular formula is C22H34N4O3. The molecule has 0 bridgehead atoms. The molecule has 7 heteroatoms. The number of amides is 1. The van der Waals surface area contributed by atoms with E-state index in [1.54, 1.807) is 7.05 Å². The van der Waals surface area contributed by atoms with Crippen molar-refractivity contribution < 1.29 is 14.3 Å². The van der Waals surface area contributed by atoms with Gasteiger partial charge in [0.1, 0.15) is 11.9 Å². The minimum Gasteiger partial charge on any atom is -0.489 e. The summed E-state index contributed by atoms with van der Waals surface area (Å²) >= 11 is 0. The van der Waals surface area contributed by atoms with E-state index in [4.69, 9.17) is 9.47 Å². The Balaban J connectivity index is 1.44. The number of aryl methyl sites for hydroxylation is 1. The van der Waals surface area contributed by atoms with E-state index in [9.17, 15) is 4.79 Å². The van der Waals surface area contributed by atoms with E-state index in [1.165, 1.54) is 0 Å². The lowest BCUT2D eigenvalue weighted by Crippen LogP contribution is -2.50. The number of benzene rings is 1. The number of para-hydroxylation sites is 1. The van der Waals surface area contributed by atoms with Gasteiger partial charge in [0.15, 0.2) is 5.96 Å². The molecule has 2 aliphatic heterocycles. The maximum absolute atomic E-state index is 12.7. The third-order valence-corrected chi connectivity index (χ3v) is 5.65. The van der Waals surface area contributed by atoms with Crippen LogP contribution in [0.1, 0.15) is 25.3 Å². The Bertz CT molecular complexity index is 695. The number of guanidine groups is 1. The molecule has 160 valence electrons. The maximum Gasteiger partial charge on any atom is 0.225 e. The Morgan fingerprint density at radius 3 is 2.55 bits per heavy atom. The quantitative estimate of drug-likeness (QED) is 0.602. The van der Waals surface area contributed by atoms with Crippen LogP contribution in [-0.2, 0) is 9.53 Å². The minimum atomic E-state index is 0.0216. The first-order valence-corrected chi connectivity index (χ1v) is 10.6. The van der Waals surface area contributed by atoms with Crippen molar-refractivity contribution in [3.63, 3.8) is 0 Å². The van der Waals surface area contributed by atoms with Crippen LogP contribution in [0.15, 0.2) is 29.3 Å². The van der Waals surface area contributed by atoms with Crippen molar-refractivity contribution in [2.75, 3.05) is 53.0 Å². The summed E-state index contributed by atoms with van der Waals surface area (Å²) in [6, 6.07) is 8.05. The van der Waals surface area contributed by atoms with Gasteiger partial charge in [0, 0.05) is 39.1 Å². The van der Waals surface area contributed by atoms with Gasteiger partial charge in [-0.1, -0.05) is 18.2 Å². The molecule has 0 aliphatic carbocycles. The van der Waals surface area contributed by atoms with Crippen LogP contribution in [0.3, 0.4) is 0 Å². The number of hydrogen-bond donors (Lipinski definition) is 1. The van der Waals surface area contributed by atoms with E-state index in [0.29, 0.717) is 19.8 Å². The first-order valence-electron chi connectivity index (χ1n) is 10.6. The van der Waals surface area contributed by atoms with Crippen molar-refractivity contribution in [3.8, 4) is 5.75 Å². The lowest BCUT2D eigenvalue weighted by molar-refractivity contribution is -0.140. The largest absolute Gasteiger partial charge is 0.489 e. The average Bonchev–Trinajstić information content (AvgIpc) is 2.76. The van der Waals surface area contributed by atoms with Crippen LogP contribution in [0.4, 0.5) is 0 Å². The van der Waals surface area contributed by atoms with Gasteiger partial charge >= 0.3 is 0 Å². The molecule has 1 unspecified atom stereocenters. The zero-order chi connectivity index (χ0) is 20.6. The summed E-state index contributed by atoms with van der Waals surface area (Å²) in [4.78, 5) is 21.3. The van der Waals surface area contributed by atoms with Crippen molar-refractivity contribution in [1.29, 1.82) is 0 Å². The molecule has 1 aromatic rings. The van der Waals surface area contributed by atoms with Crippen molar-refractivity contribution in [2.24, 2.45) is 10.9 Å². The topological polar surface area (TPSA) is 66.4 Å². The van der Waals surface area contributed by atoms with Crippen LogP contribution in [0.2, 0.25) is 0 Å². The number of carbonyl (C=O) groups is 1. The molecule has 3 rings (SSSR count). The second-order valence-corrected chi connectivity index (χ2v) is 7.82. The molecule has 2 fully saturated rings. The molecule has 1 N–H and O–H groups in total. The Kier molecular flexibility index (Phi) is 7.75. The summed E-state index contributed by atoms with van der Waals surface area (Å²) in [6.07, 6.45) is 1.76. The number of nitrogens with zero attached hydrogens (tertiary/aromatic N) is 3. The maximum atomic E-state index is 12.7. The van der Waals surface area contributed by atoms with E-state index in [1.807, 2.05) is 23.1 Å². The third-order valence-electron chi connectivity index (χ3n) is 5.65. The number of likely N-dealkylation sites (tertiary alicyclic amines) is 1. The van der Waals surface area contributed by atoms with Gasteiger partial charge in [-0.25, -0.2) is 0 Å². The lowest BCUT2D eigenvalue weighted by Gasteiger charge is -2.37. The standard InChI is InChI=1S/C22H34N4O3/c1-17-6-4-5-7-20(17)29-18(2)16-24-22(23-3)26-10-8-19(9-11-26)21(27)25-12-14-28-15-13-25/h4-7,18-19H,8-16H2,1-3H3,(H,23,24). The van der Waals surface area contributed by atoms with Crippen LogP contribution in [0, 0.1) is 12.8 Å². The lowest BCUT2D eigenvalue weighted by atomic mass is 9.95. The number of morpholine rings is 1. The number of carbonyl (C=O) groups excluding carboxylic acids is 1. The summed E-state index contributed by atoms with van der Waals surface area (Å²) in [5, 5.41) is 3.43. The Hall–Kier alpha value is -2.28. The summed E-state index contributed by atoms with van der Waals surface area (Å²) in [6.45, 7) is 9.22. The van der Waals surface area contributed by atoms with E-state index in [-0.39, 0.29) is 17.9 Å². The summed E-state index contributed by atoms with van der Waals surface area (Å²) in [7, 11) is 1.81. The smallest absolute Gasteiger partial charge is 0.225 e. The summed E-state index contributed by atoms with van der Waals surface area (Å²) in [5.41, 5.74) is 1.13. The van der Waals surface area contributed by atoms with Gasteiger partial charge in [-0.2, -0.15) is 0 Å². The average molecular weight is 403 g/mol. The summed E-state index contributed by atoms with van der Waals surface area (Å²) in [5.74, 6) is 2.20. The van der Waals surface area contributed by atoms with Crippen LogP contribution in [0.5, 0.6) is 5.75 Å². The number of aliphatic imine (C=N–C) groups is 1. The van der Waals surface area contributed by atoms with E-state index in [0.717, 1.165) is 56.3 Å². The molecule has 0 radical (unpaired) electrons. The second-order valence-electron chi connectivity index (χ2n) is 7.82. The first-order chi connectivity index (χ1) is 14.1. The highest BCUT2D eigenvalue weighted by Gasteiger charge is 2.30. The Morgan fingerprint density at radius 2 is 1.90 bits per heavy atom. The van der Waals surface area contributed by atoms with E-state index >= 15 is 0 Å². The van der Waals surface area contributed by atoms with Gasteiger partial charge in [0.25, 0.3) is 0 Å². The van der Waals surface area contributed by atoms with Crippen molar-refractivity contribution in [1.82, 2.24) is 15.1 Å². The predicted molar refractivity (Wildman–Crippen MR) is 114 cm³/mol. The number of rotatable bonds is 5. The molecule has 2 saturated heterocycles. The molecule has 29 heavy (non-hydrogen) atoms. The molecule has 1 amide bonds. The number of ether oxygens (including phenoxy) is 2. The highest BCUT2D eigenvalue weighted by Crippen LogP contribution is 2.21. The zero-order valence-electron chi connectivity index (χ0n) is 17.9. The van der Waals surface area contributed by atoms with Gasteiger partial charge in [0.2, 0.25) is 5.91 Å². The molecular weight excluding hydrogens is 368 g/mol. The molecule has 2 aliphatic rings. The molecule has 0 aromatic heterocycles. The minimum absolute atomic E-state index is 0.0216. The molecule has 1 aromatic carbocycles. The van der Waals surface area contributed by atoms with E-state index < -0.39 is 0 Å². The van der Waals surface area contributed by atoms with Gasteiger partial charge in [-0.15, -0.1) is 0 Å². The van der Waals surface area contributed by atoms with Crippen molar-refractivity contribution >= 4 is 11.9 Å². The molecule has 0 spiro atoms. The van der Waals surface area contributed by atoms with Crippen LogP contribution in [-0.4, -0.2) is 80.8 Å². The molecule has 1 atom stereocenters.